The van der Waals surface area contributed by atoms with Crippen molar-refractivity contribution in [2.45, 2.75) is 71.8 Å². The van der Waals surface area contributed by atoms with E-state index >= 15 is 8.78 Å². The largest absolute Gasteiger partial charge is 0.481 e. The van der Waals surface area contributed by atoms with Gasteiger partial charge in [0.05, 0.1) is 29.9 Å². The topological polar surface area (TPSA) is 106 Å². The predicted octanol–water partition coefficient (Wildman–Crippen LogP) is 6.91. The van der Waals surface area contributed by atoms with E-state index < -0.39 is 76.3 Å². The smallest absolute Gasteiger partial charge is 0.416 e. The number of amides is 1. The number of aliphatic carboxylic acids is 1. The minimum atomic E-state index is -4.90. The molecule has 0 radical (unpaired) electrons. The summed E-state index contributed by atoms with van der Waals surface area (Å²) >= 11 is 0. The monoisotopic (exact) mass is 700 g/mol. The highest BCUT2D eigenvalue weighted by molar-refractivity contribution is 5.82. The molecular formula is C36H34F6N4O4. The molecule has 264 valence electrons. The SMILES string of the molecule is C#Cc1cc(-c2c(C)cc(F)cc2C)c(F)c([C@@H](CC(=O)O)NC(=O)[C@H](CC(C)C)n2cc(CCn3ccnc3)c(C(F)(F)F)cc2=O)c1F. The van der Waals surface area contributed by atoms with E-state index in [1.807, 2.05) is 0 Å². The van der Waals surface area contributed by atoms with Crippen molar-refractivity contribution in [2.24, 2.45) is 5.92 Å². The van der Waals surface area contributed by atoms with Crippen LogP contribution in [0.15, 0.2) is 54.0 Å². The van der Waals surface area contributed by atoms with Gasteiger partial charge in [0.15, 0.2) is 0 Å². The third-order valence-corrected chi connectivity index (χ3v) is 8.20. The molecule has 2 heterocycles. The molecule has 0 spiro atoms. The number of carboxylic acids is 1. The summed E-state index contributed by atoms with van der Waals surface area (Å²) < 4.78 is 90.9. The van der Waals surface area contributed by atoms with Gasteiger partial charge in [0.1, 0.15) is 23.5 Å². The Hall–Kier alpha value is -5.32. The zero-order valence-electron chi connectivity index (χ0n) is 27.5. The molecule has 8 nitrogen and oxygen atoms in total. The van der Waals surface area contributed by atoms with Gasteiger partial charge in [-0.3, -0.25) is 14.4 Å². The molecule has 14 heteroatoms. The van der Waals surface area contributed by atoms with Crippen molar-refractivity contribution in [1.29, 1.82) is 0 Å². The number of carbonyl (C=O) groups is 2. The van der Waals surface area contributed by atoms with E-state index in [1.54, 1.807) is 20.0 Å². The van der Waals surface area contributed by atoms with E-state index in [9.17, 15) is 37.1 Å². The number of pyridine rings is 1. The number of rotatable bonds is 12. The van der Waals surface area contributed by atoms with Gasteiger partial charge in [-0.2, -0.15) is 13.2 Å². The second kappa shape index (κ2) is 15.1. The van der Waals surface area contributed by atoms with Crippen LogP contribution >= 0.6 is 0 Å². The van der Waals surface area contributed by atoms with Crippen LogP contribution in [0.3, 0.4) is 0 Å². The van der Waals surface area contributed by atoms with Gasteiger partial charge in [-0.1, -0.05) is 19.8 Å². The fourth-order valence-electron chi connectivity index (χ4n) is 6.01. The maximum Gasteiger partial charge on any atom is 0.416 e. The molecule has 0 aliphatic carbocycles. The Bertz CT molecular complexity index is 1990. The second-order valence-corrected chi connectivity index (χ2v) is 12.4. The molecule has 0 bridgehead atoms. The number of imidazole rings is 1. The Morgan fingerprint density at radius 2 is 1.72 bits per heavy atom. The number of carboxylic acid groups (broad SMARTS) is 1. The van der Waals surface area contributed by atoms with Crippen molar-refractivity contribution >= 4 is 11.9 Å². The van der Waals surface area contributed by atoms with Crippen LogP contribution in [-0.2, 0) is 28.7 Å². The first kappa shape index (κ1) is 37.5. The van der Waals surface area contributed by atoms with E-state index in [2.05, 4.69) is 16.2 Å². The van der Waals surface area contributed by atoms with Crippen molar-refractivity contribution < 1.29 is 41.0 Å². The Kier molecular flexibility index (Phi) is 11.3. The Morgan fingerprint density at radius 3 is 2.26 bits per heavy atom. The quantitative estimate of drug-likeness (QED) is 0.124. The zero-order valence-corrected chi connectivity index (χ0v) is 27.5. The van der Waals surface area contributed by atoms with Crippen molar-refractivity contribution in [1.82, 2.24) is 19.4 Å². The predicted molar refractivity (Wildman–Crippen MR) is 172 cm³/mol. The zero-order chi connectivity index (χ0) is 37.1. The van der Waals surface area contributed by atoms with Gasteiger partial charge >= 0.3 is 12.1 Å². The summed E-state index contributed by atoms with van der Waals surface area (Å²) in [6.07, 6.45) is 4.58. The summed E-state index contributed by atoms with van der Waals surface area (Å²) in [6, 6.07) is 0.242. The fraction of sp³-hybridized carbons (Fsp3) is 0.333. The van der Waals surface area contributed by atoms with Crippen molar-refractivity contribution in [2.75, 3.05) is 0 Å². The summed E-state index contributed by atoms with van der Waals surface area (Å²) in [5, 5.41) is 12.1. The lowest BCUT2D eigenvalue weighted by atomic mass is 9.89. The van der Waals surface area contributed by atoms with Crippen molar-refractivity contribution in [3.8, 4) is 23.5 Å². The first-order valence-corrected chi connectivity index (χ1v) is 15.5. The Morgan fingerprint density at radius 1 is 1.06 bits per heavy atom. The van der Waals surface area contributed by atoms with Crippen LogP contribution in [0.2, 0.25) is 0 Å². The van der Waals surface area contributed by atoms with Gasteiger partial charge in [-0.15, -0.1) is 6.42 Å². The number of carbonyl (C=O) groups excluding carboxylic acids is 1. The minimum absolute atomic E-state index is 0.0580. The van der Waals surface area contributed by atoms with Gasteiger partial charge in [-0.25, -0.2) is 18.2 Å². The standard InChI is InChI=1S/C36H34F6N4O4/c1-6-22-14-25(31-20(4)12-24(37)13-21(31)5)34(39)32(33(22)38)27(16-30(48)49)44-35(50)28(11-19(2)3)46-17-23(7-9-45-10-8-43-18-45)26(15-29(46)47)36(40,41)42/h1,8,10,12-15,17-19,27-28H,7,9,11,16H2,2-5H3,(H,44,50)(H,48,49)/t27-,28+/m1/s1. The van der Waals surface area contributed by atoms with Gasteiger partial charge in [0.2, 0.25) is 5.91 Å². The average molecular weight is 701 g/mol. The van der Waals surface area contributed by atoms with E-state index in [-0.39, 0.29) is 53.1 Å². The third kappa shape index (κ3) is 8.27. The second-order valence-electron chi connectivity index (χ2n) is 12.4. The number of alkyl halides is 3. The van der Waals surface area contributed by atoms with E-state index in [1.165, 1.54) is 30.9 Å². The highest BCUT2D eigenvalue weighted by atomic mass is 19.4. The van der Waals surface area contributed by atoms with Gasteiger partial charge < -0.3 is 19.6 Å². The number of nitrogens with one attached hydrogen (secondary N) is 1. The Balaban J connectivity index is 1.85. The first-order valence-electron chi connectivity index (χ1n) is 15.5. The number of nitrogens with zero attached hydrogens (tertiary/aromatic N) is 3. The molecule has 0 unspecified atom stereocenters. The molecular weight excluding hydrogens is 666 g/mol. The number of benzene rings is 2. The summed E-state index contributed by atoms with van der Waals surface area (Å²) in [5.74, 6) is -4.08. The molecule has 4 rings (SSSR count). The normalized spacial score (nSPS) is 12.8. The first-order chi connectivity index (χ1) is 23.4. The van der Waals surface area contributed by atoms with Crippen LogP contribution < -0.4 is 10.9 Å². The number of hydrogen-bond donors (Lipinski definition) is 2. The van der Waals surface area contributed by atoms with Crippen LogP contribution in [-0.4, -0.2) is 31.1 Å². The van der Waals surface area contributed by atoms with Crippen LogP contribution in [0.25, 0.3) is 11.1 Å². The van der Waals surface area contributed by atoms with Crippen LogP contribution in [0, 0.1) is 49.6 Å². The molecule has 0 fully saturated rings. The summed E-state index contributed by atoms with van der Waals surface area (Å²) in [7, 11) is 0. The molecule has 0 aliphatic heterocycles. The van der Waals surface area contributed by atoms with Gasteiger partial charge in [-0.05, 0) is 73.1 Å². The van der Waals surface area contributed by atoms with Crippen molar-refractivity contribution in [3.05, 3.63) is 110 Å². The highest BCUT2D eigenvalue weighted by Gasteiger charge is 2.36. The molecule has 2 N–H and O–H groups in total. The summed E-state index contributed by atoms with van der Waals surface area (Å²) in [6.45, 7) is 6.39. The Labute approximate surface area is 283 Å². The van der Waals surface area contributed by atoms with E-state index in [0.717, 1.165) is 29.0 Å². The lowest BCUT2D eigenvalue weighted by molar-refractivity contribution is -0.139. The fourth-order valence-corrected chi connectivity index (χ4v) is 6.01. The minimum Gasteiger partial charge on any atom is -0.481 e. The third-order valence-electron chi connectivity index (χ3n) is 8.20. The molecule has 2 atom stereocenters. The number of terminal acetylenes is 1. The maximum atomic E-state index is 16.4. The molecule has 0 aliphatic rings. The van der Waals surface area contributed by atoms with Crippen molar-refractivity contribution in [3.63, 3.8) is 0 Å². The average Bonchev–Trinajstić information content (AvgIpc) is 3.53. The molecule has 1 amide bonds. The van der Waals surface area contributed by atoms with Crippen LogP contribution in [0.5, 0.6) is 0 Å². The lowest BCUT2D eigenvalue weighted by Crippen LogP contribution is -2.41. The van der Waals surface area contributed by atoms with E-state index in [4.69, 9.17) is 6.42 Å². The molecule has 4 aromatic rings. The van der Waals surface area contributed by atoms with Gasteiger partial charge in [0.25, 0.3) is 5.56 Å². The highest BCUT2D eigenvalue weighted by Crippen LogP contribution is 2.38. The van der Waals surface area contributed by atoms with Gasteiger partial charge in [0, 0.05) is 42.3 Å². The van der Waals surface area contributed by atoms with Crippen LogP contribution in [0.1, 0.15) is 72.2 Å². The lowest BCUT2D eigenvalue weighted by Gasteiger charge is -2.27. The van der Waals surface area contributed by atoms with Crippen LogP contribution in [0.4, 0.5) is 26.3 Å². The number of aromatic nitrogens is 3. The summed E-state index contributed by atoms with van der Waals surface area (Å²) in [4.78, 5) is 43.1. The number of hydrogen-bond acceptors (Lipinski definition) is 4. The molecule has 50 heavy (non-hydrogen) atoms. The summed E-state index contributed by atoms with van der Waals surface area (Å²) in [5.41, 5.74) is -3.60. The molecule has 2 aromatic carbocycles. The molecule has 0 saturated heterocycles. The van der Waals surface area contributed by atoms with E-state index in [0.29, 0.717) is 6.07 Å². The number of aryl methyl sites for hydroxylation is 4. The molecule has 0 saturated carbocycles. The molecule has 2 aromatic heterocycles. The maximum absolute atomic E-state index is 16.4. The number of halogens is 6.